The molecular formula is C23H24FN5O2. The van der Waals surface area contributed by atoms with E-state index in [-0.39, 0.29) is 11.9 Å². The van der Waals surface area contributed by atoms with E-state index in [0.717, 1.165) is 17.0 Å². The summed E-state index contributed by atoms with van der Waals surface area (Å²) in [6.45, 7) is 4.16. The van der Waals surface area contributed by atoms with Gasteiger partial charge in [0.1, 0.15) is 11.6 Å². The Morgan fingerprint density at radius 1 is 1.13 bits per heavy atom. The third-order valence-corrected chi connectivity index (χ3v) is 5.14. The zero-order chi connectivity index (χ0) is 22.0. The van der Waals surface area contributed by atoms with Gasteiger partial charge < -0.3 is 19.2 Å². The fourth-order valence-corrected chi connectivity index (χ4v) is 3.48. The number of nitrogens with one attached hydrogen (secondary N) is 1. The van der Waals surface area contributed by atoms with E-state index in [1.807, 2.05) is 51.0 Å². The van der Waals surface area contributed by atoms with Gasteiger partial charge in [0.25, 0.3) is 0 Å². The molecule has 0 bridgehead atoms. The lowest BCUT2D eigenvalue weighted by Crippen LogP contribution is -2.28. The van der Waals surface area contributed by atoms with Gasteiger partial charge in [-0.3, -0.25) is 0 Å². The fourth-order valence-electron chi connectivity index (χ4n) is 3.48. The van der Waals surface area contributed by atoms with Crippen molar-refractivity contribution in [2.45, 2.75) is 19.9 Å². The molecule has 1 unspecified atom stereocenters. The van der Waals surface area contributed by atoms with Gasteiger partial charge >= 0.3 is 0 Å². The summed E-state index contributed by atoms with van der Waals surface area (Å²) in [5, 5.41) is 7.22. The van der Waals surface area contributed by atoms with Crippen molar-refractivity contribution >= 4 is 5.95 Å². The summed E-state index contributed by atoms with van der Waals surface area (Å²) in [6.07, 6.45) is 3.32. The molecule has 0 saturated carbocycles. The van der Waals surface area contributed by atoms with Crippen LogP contribution in [0.3, 0.4) is 0 Å². The van der Waals surface area contributed by atoms with Gasteiger partial charge in [-0.05, 0) is 40.1 Å². The Balaban J connectivity index is 1.66. The summed E-state index contributed by atoms with van der Waals surface area (Å²) in [5.41, 5.74) is 3.61. The van der Waals surface area contributed by atoms with Crippen molar-refractivity contribution in [2.24, 2.45) is 0 Å². The minimum atomic E-state index is -0.241. The number of nitrogens with zero attached hydrogens (tertiary/aromatic N) is 4. The van der Waals surface area contributed by atoms with E-state index in [0.29, 0.717) is 35.1 Å². The average Bonchev–Trinajstić information content (AvgIpc) is 3.37. The average molecular weight is 421 g/mol. The zero-order valence-corrected chi connectivity index (χ0v) is 17.9. The second-order valence-electron chi connectivity index (χ2n) is 7.56. The highest BCUT2D eigenvalue weighted by Crippen LogP contribution is 2.33. The molecule has 0 amide bonds. The summed E-state index contributed by atoms with van der Waals surface area (Å²) in [6, 6.07) is 10.3. The van der Waals surface area contributed by atoms with Crippen molar-refractivity contribution in [3.05, 3.63) is 71.7 Å². The second-order valence-corrected chi connectivity index (χ2v) is 7.56. The summed E-state index contributed by atoms with van der Waals surface area (Å²) in [7, 11) is 3.82. The Labute approximate surface area is 179 Å². The van der Waals surface area contributed by atoms with E-state index in [1.165, 1.54) is 6.07 Å². The first kappa shape index (κ1) is 20.7. The van der Waals surface area contributed by atoms with E-state index in [9.17, 15) is 4.39 Å². The smallest absolute Gasteiger partial charge is 0.223 e. The number of halogens is 1. The van der Waals surface area contributed by atoms with Crippen LogP contribution in [0, 0.1) is 19.7 Å². The molecule has 0 aliphatic carbocycles. The lowest BCUT2D eigenvalue weighted by molar-refractivity contribution is 0.303. The third kappa shape index (κ3) is 4.34. The molecule has 3 heterocycles. The van der Waals surface area contributed by atoms with Gasteiger partial charge in [-0.1, -0.05) is 23.4 Å². The predicted molar refractivity (Wildman–Crippen MR) is 116 cm³/mol. The first-order valence-corrected chi connectivity index (χ1v) is 9.94. The Morgan fingerprint density at radius 2 is 1.94 bits per heavy atom. The molecule has 0 aliphatic rings. The van der Waals surface area contributed by atoms with Crippen molar-refractivity contribution in [3.63, 3.8) is 0 Å². The van der Waals surface area contributed by atoms with Gasteiger partial charge in [0, 0.05) is 29.9 Å². The van der Waals surface area contributed by atoms with Gasteiger partial charge in [0.15, 0.2) is 5.76 Å². The quantitative estimate of drug-likeness (QED) is 0.456. The highest BCUT2D eigenvalue weighted by Gasteiger charge is 2.20. The summed E-state index contributed by atoms with van der Waals surface area (Å²) >= 11 is 0. The molecular weight excluding hydrogens is 397 g/mol. The van der Waals surface area contributed by atoms with Crippen LogP contribution in [0.5, 0.6) is 0 Å². The maximum Gasteiger partial charge on any atom is 0.223 e. The number of benzene rings is 1. The van der Waals surface area contributed by atoms with E-state index in [4.69, 9.17) is 13.9 Å². The van der Waals surface area contributed by atoms with Crippen molar-refractivity contribution in [1.82, 2.24) is 20.0 Å². The van der Waals surface area contributed by atoms with Crippen LogP contribution < -0.4 is 5.32 Å². The lowest BCUT2D eigenvalue weighted by atomic mass is 10.1. The van der Waals surface area contributed by atoms with Crippen molar-refractivity contribution in [1.29, 1.82) is 0 Å². The Morgan fingerprint density at radius 3 is 2.58 bits per heavy atom. The number of aromatic nitrogens is 3. The first-order chi connectivity index (χ1) is 14.9. The molecule has 4 rings (SSSR count). The zero-order valence-electron chi connectivity index (χ0n) is 17.9. The maximum absolute atomic E-state index is 14.4. The SMILES string of the molecule is Cc1cc(-c2cnc(NCC(c3ccccc3F)N(C)C)nc2-c2ccoc2C)on1. The molecule has 0 spiro atoms. The largest absolute Gasteiger partial charge is 0.469 e. The molecule has 0 radical (unpaired) electrons. The first-order valence-electron chi connectivity index (χ1n) is 9.94. The van der Waals surface area contributed by atoms with Gasteiger partial charge in [0.05, 0.1) is 29.3 Å². The molecule has 160 valence electrons. The Kier molecular flexibility index (Phi) is 5.81. The Bertz CT molecular complexity index is 1180. The van der Waals surface area contributed by atoms with Crippen LogP contribution in [0.15, 0.2) is 57.8 Å². The topological polar surface area (TPSA) is 80.2 Å². The maximum atomic E-state index is 14.4. The molecule has 0 aliphatic heterocycles. The minimum absolute atomic E-state index is 0.194. The fraction of sp³-hybridized carbons (Fsp3) is 0.261. The van der Waals surface area contributed by atoms with E-state index in [1.54, 1.807) is 24.6 Å². The summed E-state index contributed by atoms with van der Waals surface area (Å²) in [4.78, 5) is 11.1. The number of anilines is 1. The summed E-state index contributed by atoms with van der Waals surface area (Å²) < 4.78 is 25.3. The number of hydrogen-bond acceptors (Lipinski definition) is 7. The predicted octanol–water partition coefficient (Wildman–Crippen LogP) is 4.86. The number of likely N-dealkylation sites (N-methyl/N-ethyl adjacent to an activating group) is 1. The normalized spacial score (nSPS) is 12.3. The van der Waals surface area contributed by atoms with E-state index < -0.39 is 0 Å². The second kappa shape index (κ2) is 8.69. The van der Waals surface area contributed by atoms with Crippen LogP contribution in [-0.4, -0.2) is 40.7 Å². The Hall–Kier alpha value is -3.52. The monoisotopic (exact) mass is 421 g/mol. The lowest BCUT2D eigenvalue weighted by Gasteiger charge is -2.25. The minimum Gasteiger partial charge on any atom is -0.469 e. The number of hydrogen-bond donors (Lipinski definition) is 1. The number of furan rings is 1. The highest BCUT2D eigenvalue weighted by atomic mass is 19.1. The molecule has 4 aromatic rings. The van der Waals surface area contributed by atoms with Crippen molar-refractivity contribution in [3.8, 4) is 22.6 Å². The van der Waals surface area contributed by atoms with Crippen LogP contribution in [-0.2, 0) is 0 Å². The standard InChI is InChI=1S/C23H24FN5O2/c1-14-11-21(31-28-14)18-12-25-23(27-22(18)16-9-10-30-15(16)2)26-13-20(29(3)4)17-7-5-6-8-19(17)24/h5-12,20H,13H2,1-4H3,(H,25,26,27). The van der Waals surface area contributed by atoms with Gasteiger partial charge in [0.2, 0.25) is 5.95 Å². The number of rotatable bonds is 7. The number of aryl methyl sites for hydroxylation is 2. The van der Waals surface area contributed by atoms with Crippen LogP contribution in [0.25, 0.3) is 22.6 Å². The van der Waals surface area contributed by atoms with Crippen LogP contribution >= 0.6 is 0 Å². The van der Waals surface area contributed by atoms with Crippen molar-refractivity contribution in [2.75, 3.05) is 26.0 Å². The van der Waals surface area contributed by atoms with Crippen molar-refractivity contribution < 1.29 is 13.3 Å². The van der Waals surface area contributed by atoms with E-state index >= 15 is 0 Å². The van der Waals surface area contributed by atoms with E-state index in [2.05, 4.69) is 15.5 Å². The molecule has 3 aromatic heterocycles. The van der Waals surface area contributed by atoms with Crippen LogP contribution in [0.2, 0.25) is 0 Å². The molecule has 1 aromatic carbocycles. The molecule has 0 fully saturated rings. The highest BCUT2D eigenvalue weighted by molar-refractivity contribution is 5.79. The molecule has 1 N–H and O–H groups in total. The van der Waals surface area contributed by atoms with Gasteiger partial charge in [-0.2, -0.15) is 0 Å². The molecule has 7 nitrogen and oxygen atoms in total. The summed E-state index contributed by atoms with van der Waals surface area (Å²) in [5.74, 6) is 1.50. The third-order valence-electron chi connectivity index (χ3n) is 5.14. The molecule has 0 saturated heterocycles. The van der Waals surface area contributed by atoms with Crippen LogP contribution in [0.1, 0.15) is 23.1 Å². The molecule has 31 heavy (non-hydrogen) atoms. The van der Waals surface area contributed by atoms with Gasteiger partial charge in [-0.25, -0.2) is 14.4 Å². The molecule has 1 atom stereocenters. The van der Waals surface area contributed by atoms with Gasteiger partial charge in [-0.15, -0.1) is 0 Å². The molecule has 8 heteroatoms. The van der Waals surface area contributed by atoms with Crippen LogP contribution in [0.4, 0.5) is 10.3 Å².